The minimum Gasteiger partial charge on any atom is -0.425 e. The fourth-order valence-corrected chi connectivity index (χ4v) is 7.11. The zero-order valence-corrected chi connectivity index (χ0v) is 20.6. The summed E-state index contributed by atoms with van der Waals surface area (Å²) >= 11 is 9.67. The molecule has 172 valence electrons. The normalized spacial score (nSPS) is 30.9. The van der Waals surface area contributed by atoms with Crippen LogP contribution in [0.5, 0.6) is 5.75 Å². The Kier molecular flexibility index (Phi) is 4.60. The quantitative estimate of drug-likeness (QED) is 0.275. The van der Waals surface area contributed by atoms with Gasteiger partial charge in [-0.2, -0.15) is 0 Å². The third-order valence-corrected chi connectivity index (χ3v) is 8.68. The summed E-state index contributed by atoms with van der Waals surface area (Å²) in [5.41, 5.74) is -2.18. The van der Waals surface area contributed by atoms with Gasteiger partial charge in [0, 0.05) is 33.1 Å². The molecule has 0 radical (unpaired) electrons. The Labute approximate surface area is 210 Å². The van der Waals surface area contributed by atoms with Crippen LogP contribution in [0.15, 0.2) is 77.3 Å². The number of fused-ring (bicyclic) bond motifs is 3. The van der Waals surface area contributed by atoms with Crippen molar-refractivity contribution in [3.8, 4) is 5.75 Å². The molecule has 4 atom stereocenters. The van der Waals surface area contributed by atoms with Crippen LogP contribution in [-0.2, 0) is 21.9 Å². The second kappa shape index (κ2) is 7.17. The van der Waals surface area contributed by atoms with E-state index in [4.69, 9.17) is 16.3 Å². The summed E-state index contributed by atoms with van der Waals surface area (Å²) in [5.74, 6) is -1.07. The summed E-state index contributed by atoms with van der Waals surface area (Å²) < 4.78 is 6.57. The van der Waals surface area contributed by atoms with Gasteiger partial charge in [-0.3, -0.25) is 9.59 Å². The van der Waals surface area contributed by atoms with Crippen LogP contribution in [0.3, 0.4) is 0 Å². The zero-order valence-electron chi connectivity index (χ0n) is 18.3. The lowest BCUT2D eigenvalue weighted by atomic mass is 9.79. The number of rotatable bonds is 4. The van der Waals surface area contributed by atoms with Crippen LogP contribution in [0.25, 0.3) is 0 Å². The third kappa shape index (κ3) is 2.39. The van der Waals surface area contributed by atoms with Crippen molar-refractivity contribution in [2.24, 2.45) is 10.8 Å². The number of benzene rings is 3. The van der Waals surface area contributed by atoms with E-state index in [9.17, 15) is 14.7 Å². The van der Waals surface area contributed by atoms with Crippen molar-refractivity contribution in [1.82, 2.24) is 4.90 Å². The molecule has 1 unspecified atom stereocenters. The van der Waals surface area contributed by atoms with E-state index in [0.717, 1.165) is 15.6 Å². The number of carbonyl (C=O) groups is 2. The van der Waals surface area contributed by atoms with Crippen molar-refractivity contribution in [2.75, 3.05) is 0 Å². The molecule has 1 saturated heterocycles. The van der Waals surface area contributed by atoms with Gasteiger partial charge in [-0.05, 0) is 42.3 Å². The van der Waals surface area contributed by atoms with Crippen LogP contribution in [0.2, 0.25) is 5.02 Å². The van der Waals surface area contributed by atoms with Gasteiger partial charge in [0.2, 0.25) is 5.91 Å². The Morgan fingerprint density at radius 1 is 1.06 bits per heavy atom. The van der Waals surface area contributed by atoms with Crippen molar-refractivity contribution in [2.45, 2.75) is 31.5 Å². The summed E-state index contributed by atoms with van der Waals surface area (Å²) in [4.78, 5) is 29.3. The smallest absolute Gasteiger partial charge is 0.328 e. The zero-order chi connectivity index (χ0) is 23.9. The van der Waals surface area contributed by atoms with E-state index in [0.29, 0.717) is 22.8 Å². The van der Waals surface area contributed by atoms with E-state index in [2.05, 4.69) is 15.9 Å². The molecule has 2 fully saturated rings. The molecule has 3 aliphatic rings. The highest BCUT2D eigenvalue weighted by molar-refractivity contribution is 9.10. The lowest BCUT2D eigenvalue weighted by molar-refractivity contribution is -0.172. The Hall–Kier alpha value is -2.67. The van der Waals surface area contributed by atoms with E-state index in [-0.39, 0.29) is 6.54 Å². The number of piperidine rings is 1. The maximum Gasteiger partial charge on any atom is 0.328 e. The minimum atomic E-state index is -1.74. The first kappa shape index (κ1) is 21.8. The Balaban J connectivity index is 1.61. The predicted molar refractivity (Wildman–Crippen MR) is 130 cm³/mol. The van der Waals surface area contributed by atoms with Crippen molar-refractivity contribution in [3.05, 3.63) is 99.0 Å². The van der Waals surface area contributed by atoms with Gasteiger partial charge in [0.05, 0.1) is 5.41 Å². The number of nitrogens with zero attached hydrogens (tertiary/aromatic N) is 1. The number of ether oxygens (including phenoxy) is 1. The van der Waals surface area contributed by atoms with Crippen LogP contribution in [0.1, 0.15) is 36.0 Å². The molecular formula is C27H21BrClNO4. The van der Waals surface area contributed by atoms with Gasteiger partial charge in [0.25, 0.3) is 0 Å². The lowest BCUT2D eigenvalue weighted by Crippen LogP contribution is -2.51. The van der Waals surface area contributed by atoms with Crippen molar-refractivity contribution < 1.29 is 19.4 Å². The van der Waals surface area contributed by atoms with Crippen molar-refractivity contribution >= 4 is 39.4 Å². The fraction of sp³-hybridized carbons (Fsp3) is 0.259. The summed E-state index contributed by atoms with van der Waals surface area (Å²) in [6.45, 7) is 2.08. The highest BCUT2D eigenvalue weighted by Gasteiger charge is 2.97. The van der Waals surface area contributed by atoms with E-state index in [1.807, 2.05) is 43.3 Å². The SMILES string of the molecule is CC[C@]12[C@@H]3c4cc(Br)ccc4OC(=O)[C@@]31C(=O)N(Cc1ccccc1)C2(O)c1ccc(Cl)cc1. The molecule has 1 saturated carbocycles. The molecular weight excluding hydrogens is 518 g/mol. The molecule has 34 heavy (non-hydrogen) atoms. The van der Waals surface area contributed by atoms with Crippen molar-refractivity contribution in [1.29, 1.82) is 0 Å². The van der Waals surface area contributed by atoms with E-state index >= 15 is 0 Å². The summed E-state index contributed by atoms with van der Waals surface area (Å²) in [6, 6.07) is 21.8. The topological polar surface area (TPSA) is 66.8 Å². The number of hydrogen-bond acceptors (Lipinski definition) is 4. The van der Waals surface area contributed by atoms with Crippen LogP contribution in [0, 0.1) is 10.8 Å². The number of amides is 1. The molecule has 3 aromatic carbocycles. The van der Waals surface area contributed by atoms with E-state index in [1.165, 1.54) is 4.90 Å². The second-order valence-corrected chi connectivity index (χ2v) is 10.5. The lowest BCUT2D eigenvalue weighted by Gasteiger charge is -2.42. The molecule has 1 spiro atoms. The highest BCUT2D eigenvalue weighted by atomic mass is 79.9. The maximum absolute atomic E-state index is 14.3. The van der Waals surface area contributed by atoms with E-state index < -0.39 is 34.3 Å². The minimum absolute atomic E-state index is 0.160. The number of aliphatic hydroxyl groups is 1. The van der Waals surface area contributed by atoms with Gasteiger partial charge in [-0.15, -0.1) is 0 Å². The van der Waals surface area contributed by atoms with Crippen LogP contribution < -0.4 is 4.74 Å². The molecule has 6 rings (SSSR count). The average Bonchev–Trinajstić information content (AvgIpc) is 3.46. The molecule has 2 heterocycles. The maximum atomic E-state index is 14.3. The first-order valence-electron chi connectivity index (χ1n) is 11.2. The van der Waals surface area contributed by atoms with Gasteiger partial charge < -0.3 is 14.7 Å². The van der Waals surface area contributed by atoms with Gasteiger partial charge in [-0.1, -0.05) is 76.9 Å². The highest BCUT2D eigenvalue weighted by Crippen LogP contribution is 2.88. The standard InChI is InChI=1S/C27H21BrClNO4/c1-2-25-22-20-14-18(28)10-13-21(20)34-24(32)26(22,25)23(31)30(15-16-6-4-3-5-7-16)27(25,33)17-8-11-19(29)12-9-17/h3-14,22,33H,2,15H2,1H3/t22-,25-,26-,27?/m0/s1. The second-order valence-electron chi connectivity index (χ2n) is 9.19. The number of esters is 1. The molecule has 0 bridgehead atoms. The molecule has 2 aliphatic heterocycles. The summed E-state index contributed by atoms with van der Waals surface area (Å²) in [7, 11) is 0. The Morgan fingerprint density at radius 3 is 2.44 bits per heavy atom. The molecule has 1 aliphatic carbocycles. The largest absolute Gasteiger partial charge is 0.425 e. The molecule has 3 aromatic rings. The number of carbonyl (C=O) groups excluding carboxylic acids is 2. The number of likely N-dealkylation sites (tertiary alicyclic amines) is 1. The Morgan fingerprint density at radius 2 is 1.76 bits per heavy atom. The first-order chi connectivity index (χ1) is 16.3. The fourth-order valence-electron chi connectivity index (χ4n) is 6.61. The van der Waals surface area contributed by atoms with Gasteiger partial charge in [0.15, 0.2) is 11.1 Å². The third-order valence-electron chi connectivity index (χ3n) is 7.94. The number of halogens is 2. The number of hydrogen-bond donors (Lipinski definition) is 1. The molecule has 7 heteroatoms. The molecule has 0 aromatic heterocycles. The van der Waals surface area contributed by atoms with E-state index in [1.54, 1.807) is 36.4 Å². The summed E-state index contributed by atoms with van der Waals surface area (Å²) in [5, 5.41) is 13.2. The molecule has 1 amide bonds. The first-order valence-corrected chi connectivity index (χ1v) is 12.4. The molecule has 1 N–H and O–H groups in total. The van der Waals surface area contributed by atoms with Gasteiger partial charge in [0.1, 0.15) is 5.75 Å². The predicted octanol–water partition coefficient (Wildman–Crippen LogP) is 5.39. The van der Waals surface area contributed by atoms with Crippen LogP contribution >= 0.6 is 27.5 Å². The van der Waals surface area contributed by atoms with Gasteiger partial charge >= 0.3 is 5.97 Å². The Bertz CT molecular complexity index is 1350. The molecule has 5 nitrogen and oxygen atoms in total. The average molecular weight is 539 g/mol. The van der Waals surface area contributed by atoms with Crippen LogP contribution in [0.4, 0.5) is 0 Å². The van der Waals surface area contributed by atoms with Crippen LogP contribution in [-0.4, -0.2) is 21.9 Å². The summed E-state index contributed by atoms with van der Waals surface area (Å²) in [6.07, 6.45) is 0.398. The van der Waals surface area contributed by atoms with Gasteiger partial charge in [-0.25, -0.2) is 0 Å². The monoisotopic (exact) mass is 537 g/mol. The van der Waals surface area contributed by atoms with Crippen molar-refractivity contribution in [3.63, 3.8) is 0 Å².